The van der Waals surface area contributed by atoms with Crippen LogP contribution in [0.25, 0.3) is 0 Å². The minimum atomic E-state index is -0.743. The van der Waals surface area contributed by atoms with Crippen molar-refractivity contribution in [3.8, 4) is 0 Å². The number of hydrogen-bond acceptors (Lipinski definition) is 3. The van der Waals surface area contributed by atoms with Crippen LogP contribution in [0.15, 0.2) is 24.3 Å². The van der Waals surface area contributed by atoms with Gasteiger partial charge in [0, 0.05) is 11.1 Å². The van der Waals surface area contributed by atoms with Gasteiger partial charge in [-0.1, -0.05) is 23.7 Å². The highest BCUT2D eigenvalue weighted by atomic mass is 35.5. The van der Waals surface area contributed by atoms with Crippen LogP contribution in [0.2, 0.25) is 5.02 Å². The van der Waals surface area contributed by atoms with Crippen molar-refractivity contribution in [2.24, 2.45) is 0 Å². The quantitative estimate of drug-likeness (QED) is 0.837. The molecule has 1 aromatic rings. The number of carboxylic acid groups (broad SMARTS) is 1. The molecule has 1 fully saturated rings. The van der Waals surface area contributed by atoms with Gasteiger partial charge in [-0.05, 0) is 70.1 Å². The minimum Gasteiger partial charge on any atom is -0.480 e. The van der Waals surface area contributed by atoms with Crippen LogP contribution in [-0.4, -0.2) is 60.1 Å². The van der Waals surface area contributed by atoms with Crippen molar-refractivity contribution in [3.05, 3.63) is 34.9 Å². The molecule has 0 spiro atoms. The van der Waals surface area contributed by atoms with Gasteiger partial charge >= 0.3 is 5.97 Å². The third-order valence-electron chi connectivity index (χ3n) is 4.42. The Bertz CT molecular complexity index is 470. The third-order valence-corrected chi connectivity index (χ3v) is 4.67. The number of piperidine rings is 1. The van der Waals surface area contributed by atoms with Crippen LogP contribution >= 0.6 is 11.6 Å². The van der Waals surface area contributed by atoms with Gasteiger partial charge in [0.2, 0.25) is 0 Å². The largest absolute Gasteiger partial charge is 0.480 e. The van der Waals surface area contributed by atoms with Crippen LogP contribution in [0.5, 0.6) is 0 Å². The maximum absolute atomic E-state index is 10.8. The SMILES string of the molecule is CN(CC(=O)O)C1CCN(CCCc2ccc(Cl)cc2)CC1. The molecule has 0 bridgehead atoms. The number of likely N-dealkylation sites (tertiary alicyclic amines) is 1. The van der Waals surface area contributed by atoms with Crippen LogP contribution in [0.3, 0.4) is 0 Å². The molecule has 4 nitrogen and oxygen atoms in total. The maximum Gasteiger partial charge on any atom is 0.317 e. The zero-order valence-corrected chi connectivity index (χ0v) is 13.9. The first kappa shape index (κ1) is 17.3. The maximum atomic E-state index is 10.8. The van der Waals surface area contributed by atoms with Gasteiger partial charge in [0.1, 0.15) is 0 Å². The van der Waals surface area contributed by atoms with Gasteiger partial charge in [-0.2, -0.15) is 0 Å². The normalized spacial score (nSPS) is 17.0. The predicted octanol–water partition coefficient (Wildman–Crippen LogP) is 2.75. The average Bonchev–Trinajstić information content (AvgIpc) is 2.49. The van der Waals surface area contributed by atoms with Gasteiger partial charge in [0.25, 0.3) is 0 Å². The van der Waals surface area contributed by atoms with E-state index in [0.29, 0.717) is 6.04 Å². The monoisotopic (exact) mass is 324 g/mol. The Morgan fingerprint density at radius 3 is 2.55 bits per heavy atom. The van der Waals surface area contributed by atoms with E-state index < -0.39 is 5.97 Å². The third kappa shape index (κ3) is 5.59. The topological polar surface area (TPSA) is 43.8 Å². The second-order valence-corrected chi connectivity index (χ2v) is 6.55. The van der Waals surface area contributed by atoms with E-state index >= 15 is 0 Å². The molecule has 1 saturated heterocycles. The average molecular weight is 325 g/mol. The summed E-state index contributed by atoms with van der Waals surface area (Å²) in [7, 11) is 1.91. The summed E-state index contributed by atoms with van der Waals surface area (Å²) in [6.07, 6.45) is 4.35. The van der Waals surface area contributed by atoms with Crippen molar-refractivity contribution in [2.75, 3.05) is 33.2 Å². The Kier molecular flexibility index (Phi) is 6.68. The summed E-state index contributed by atoms with van der Waals surface area (Å²) in [5.74, 6) is -0.743. The van der Waals surface area contributed by atoms with Gasteiger partial charge in [-0.15, -0.1) is 0 Å². The molecule has 0 aliphatic carbocycles. The van der Waals surface area contributed by atoms with Gasteiger partial charge in [-0.3, -0.25) is 9.69 Å². The molecule has 0 radical (unpaired) electrons. The molecule has 0 unspecified atom stereocenters. The van der Waals surface area contributed by atoms with E-state index in [1.54, 1.807) is 0 Å². The van der Waals surface area contributed by atoms with Crippen molar-refractivity contribution in [1.82, 2.24) is 9.80 Å². The van der Waals surface area contributed by atoms with E-state index in [-0.39, 0.29) is 6.54 Å². The van der Waals surface area contributed by atoms with Crippen molar-refractivity contribution < 1.29 is 9.90 Å². The first-order valence-electron chi connectivity index (χ1n) is 7.93. The minimum absolute atomic E-state index is 0.140. The van der Waals surface area contributed by atoms with Crippen molar-refractivity contribution in [3.63, 3.8) is 0 Å². The highest BCUT2D eigenvalue weighted by Crippen LogP contribution is 2.16. The summed E-state index contributed by atoms with van der Waals surface area (Å²) >= 11 is 5.89. The van der Waals surface area contributed by atoms with E-state index in [1.165, 1.54) is 5.56 Å². The summed E-state index contributed by atoms with van der Waals surface area (Å²) in [5.41, 5.74) is 1.33. The Morgan fingerprint density at radius 2 is 1.95 bits per heavy atom. The molecule has 5 heteroatoms. The lowest BCUT2D eigenvalue weighted by Crippen LogP contribution is -2.45. The van der Waals surface area contributed by atoms with Gasteiger partial charge in [0.15, 0.2) is 0 Å². The van der Waals surface area contributed by atoms with E-state index in [1.807, 2.05) is 24.1 Å². The Hall–Kier alpha value is -1.10. The first-order chi connectivity index (χ1) is 10.5. The fourth-order valence-electron chi connectivity index (χ4n) is 3.08. The van der Waals surface area contributed by atoms with Crippen LogP contribution in [0.4, 0.5) is 0 Å². The molecule has 0 saturated carbocycles. The highest BCUT2D eigenvalue weighted by molar-refractivity contribution is 6.30. The molecule has 0 atom stereocenters. The van der Waals surface area contributed by atoms with E-state index in [0.717, 1.165) is 50.3 Å². The van der Waals surface area contributed by atoms with Gasteiger partial charge < -0.3 is 10.0 Å². The zero-order valence-electron chi connectivity index (χ0n) is 13.2. The number of rotatable bonds is 7. The predicted molar refractivity (Wildman–Crippen MR) is 89.5 cm³/mol. The zero-order chi connectivity index (χ0) is 15.9. The van der Waals surface area contributed by atoms with Gasteiger partial charge in [-0.25, -0.2) is 0 Å². The van der Waals surface area contributed by atoms with Crippen molar-refractivity contribution in [2.45, 2.75) is 31.7 Å². The number of likely N-dealkylation sites (N-methyl/N-ethyl adjacent to an activating group) is 1. The fraction of sp³-hybridized carbons (Fsp3) is 0.588. The fourth-order valence-corrected chi connectivity index (χ4v) is 3.21. The molecule has 0 amide bonds. The Balaban J connectivity index is 1.65. The number of carbonyl (C=O) groups is 1. The van der Waals surface area contributed by atoms with Crippen LogP contribution in [-0.2, 0) is 11.2 Å². The number of hydrogen-bond donors (Lipinski definition) is 1. The summed E-state index contributed by atoms with van der Waals surface area (Å²) in [6, 6.07) is 8.48. The summed E-state index contributed by atoms with van der Waals surface area (Å²) in [6.45, 7) is 3.38. The number of benzene rings is 1. The Labute approximate surface area is 137 Å². The van der Waals surface area contributed by atoms with Crippen LogP contribution in [0, 0.1) is 0 Å². The molecular formula is C17H25ClN2O2. The molecule has 2 rings (SSSR count). The Morgan fingerprint density at radius 1 is 1.32 bits per heavy atom. The number of aliphatic carboxylic acids is 1. The van der Waals surface area contributed by atoms with E-state index in [4.69, 9.17) is 16.7 Å². The standard InChI is InChI=1S/C17H25ClN2O2/c1-19(13-17(21)22)16-8-11-20(12-9-16)10-2-3-14-4-6-15(18)7-5-14/h4-7,16H,2-3,8-13H2,1H3,(H,21,22). The molecule has 1 heterocycles. The van der Waals surface area contributed by atoms with Gasteiger partial charge in [0.05, 0.1) is 6.54 Å². The van der Waals surface area contributed by atoms with Crippen molar-refractivity contribution in [1.29, 1.82) is 0 Å². The molecule has 22 heavy (non-hydrogen) atoms. The second-order valence-electron chi connectivity index (χ2n) is 6.11. The molecule has 0 aromatic heterocycles. The summed E-state index contributed by atoms with van der Waals surface area (Å²) in [4.78, 5) is 15.2. The van der Waals surface area contributed by atoms with Crippen molar-refractivity contribution >= 4 is 17.6 Å². The molecule has 1 aliphatic heterocycles. The number of nitrogens with zero attached hydrogens (tertiary/aromatic N) is 2. The number of carboxylic acids is 1. The number of halogens is 1. The van der Waals surface area contributed by atoms with Crippen LogP contribution < -0.4 is 0 Å². The smallest absolute Gasteiger partial charge is 0.317 e. The van der Waals surface area contributed by atoms with E-state index in [9.17, 15) is 4.79 Å². The highest BCUT2D eigenvalue weighted by Gasteiger charge is 2.23. The molecule has 1 N–H and O–H groups in total. The molecule has 122 valence electrons. The second kappa shape index (κ2) is 8.51. The number of aryl methyl sites for hydroxylation is 1. The molecule has 1 aromatic carbocycles. The molecule has 1 aliphatic rings. The van der Waals surface area contributed by atoms with E-state index in [2.05, 4.69) is 17.0 Å². The first-order valence-corrected chi connectivity index (χ1v) is 8.31. The van der Waals surface area contributed by atoms with Crippen LogP contribution in [0.1, 0.15) is 24.8 Å². The summed E-state index contributed by atoms with van der Waals surface area (Å²) in [5, 5.41) is 9.64. The molecular weight excluding hydrogens is 300 g/mol. The lowest BCUT2D eigenvalue weighted by Gasteiger charge is -2.36. The lowest BCUT2D eigenvalue weighted by molar-refractivity contribution is -0.138. The lowest BCUT2D eigenvalue weighted by atomic mass is 10.0. The summed E-state index contributed by atoms with van der Waals surface area (Å²) < 4.78 is 0.